The third kappa shape index (κ3) is 7.82. The van der Waals surface area contributed by atoms with Gasteiger partial charge >= 0.3 is 35.5 Å². The molecule has 0 fully saturated rings. The standard InChI is InChI=1S/C32H32Cl2N2O4.Na.H/c1-20-7-8-21(2)27(18-20)28-19-29(37)36(22(3)23-9-13-25(33)14-10-23)31(24-11-15-26(34)16-12-24)32(40)35(28)17-5-4-6-30(38)39;;/h7-16,18-19,22,31H,4-6,17H2,1-3H3,(H,38,39);;/t22-,31+;;/m1../s1. The third-order valence-electron chi connectivity index (χ3n) is 7.23. The molecule has 3 aromatic carbocycles. The maximum atomic E-state index is 14.6. The zero-order valence-corrected chi connectivity index (χ0v) is 24.2. The van der Waals surface area contributed by atoms with Crippen molar-refractivity contribution >= 4 is 76.2 Å². The number of unbranched alkanes of at least 4 members (excludes halogenated alkanes) is 1. The van der Waals surface area contributed by atoms with Crippen molar-refractivity contribution in [1.82, 2.24) is 9.80 Å². The van der Waals surface area contributed by atoms with E-state index >= 15 is 0 Å². The SMILES string of the molecule is Cc1ccc(C)c(C2=CC(=O)N([C@H](C)c3ccc(Cl)cc3)[C@@H](c3ccc(Cl)cc3)C(=O)N2CCCCC(=O)O)c1.[NaH]. The van der Waals surface area contributed by atoms with Crippen LogP contribution < -0.4 is 0 Å². The second kappa shape index (κ2) is 14.5. The second-order valence-electron chi connectivity index (χ2n) is 10.1. The van der Waals surface area contributed by atoms with Gasteiger partial charge < -0.3 is 14.9 Å². The molecule has 1 aliphatic rings. The Balaban J connectivity index is 0.00000462. The number of aryl methyl sites for hydroxylation is 2. The van der Waals surface area contributed by atoms with Gasteiger partial charge in [0.1, 0.15) is 6.04 Å². The van der Waals surface area contributed by atoms with E-state index in [9.17, 15) is 14.4 Å². The van der Waals surface area contributed by atoms with Crippen LogP contribution in [0.4, 0.5) is 0 Å². The molecule has 0 unspecified atom stereocenters. The zero-order valence-electron chi connectivity index (χ0n) is 22.7. The molecule has 1 N–H and O–H groups in total. The summed E-state index contributed by atoms with van der Waals surface area (Å²) in [4.78, 5) is 43.2. The first kappa shape index (κ1) is 32.9. The van der Waals surface area contributed by atoms with Gasteiger partial charge in [0, 0.05) is 34.7 Å². The van der Waals surface area contributed by atoms with Gasteiger partial charge in [0.25, 0.3) is 5.91 Å². The Morgan fingerprint density at radius 1 is 0.927 bits per heavy atom. The average molecular weight is 604 g/mol. The van der Waals surface area contributed by atoms with Crippen LogP contribution in [0.5, 0.6) is 0 Å². The van der Waals surface area contributed by atoms with Crippen LogP contribution >= 0.6 is 23.2 Å². The number of hydrogen-bond acceptors (Lipinski definition) is 3. The van der Waals surface area contributed by atoms with Gasteiger partial charge in [0.2, 0.25) is 5.91 Å². The predicted octanol–water partition coefficient (Wildman–Crippen LogP) is 6.73. The molecule has 1 aliphatic heterocycles. The van der Waals surface area contributed by atoms with Crippen LogP contribution in [-0.4, -0.2) is 68.8 Å². The van der Waals surface area contributed by atoms with Crippen molar-refractivity contribution in [2.45, 2.75) is 52.1 Å². The zero-order chi connectivity index (χ0) is 29.0. The van der Waals surface area contributed by atoms with Gasteiger partial charge in [-0.3, -0.25) is 14.4 Å². The van der Waals surface area contributed by atoms with Crippen molar-refractivity contribution in [1.29, 1.82) is 0 Å². The first-order valence-corrected chi connectivity index (χ1v) is 14.0. The number of carbonyl (C=O) groups excluding carboxylic acids is 2. The maximum absolute atomic E-state index is 14.6. The van der Waals surface area contributed by atoms with Gasteiger partial charge in [-0.1, -0.05) is 65.2 Å². The Bertz CT molecular complexity index is 1440. The van der Waals surface area contributed by atoms with E-state index in [1.165, 1.54) is 0 Å². The Hall–Kier alpha value is -2.61. The number of rotatable bonds is 9. The van der Waals surface area contributed by atoms with Crippen LogP contribution in [0.2, 0.25) is 10.0 Å². The summed E-state index contributed by atoms with van der Waals surface area (Å²) in [6.45, 7) is 6.08. The van der Waals surface area contributed by atoms with Gasteiger partial charge in [0.05, 0.1) is 11.7 Å². The fraction of sp³-hybridized carbons (Fsp3) is 0.281. The van der Waals surface area contributed by atoms with Crippen molar-refractivity contribution in [3.05, 3.63) is 111 Å². The molecule has 0 radical (unpaired) electrons. The number of aliphatic carboxylic acids is 1. The number of carboxylic acids is 1. The molecule has 2 atom stereocenters. The number of halogens is 2. The molecule has 210 valence electrons. The van der Waals surface area contributed by atoms with E-state index < -0.39 is 18.1 Å². The molecule has 0 aliphatic carbocycles. The summed E-state index contributed by atoms with van der Waals surface area (Å²) in [5, 5.41) is 10.2. The van der Waals surface area contributed by atoms with Gasteiger partial charge in [-0.05, 0) is 80.6 Å². The minimum absolute atomic E-state index is 0. The van der Waals surface area contributed by atoms with Crippen molar-refractivity contribution in [3.63, 3.8) is 0 Å². The molecule has 9 heteroatoms. The van der Waals surface area contributed by atoms with E-state index in [4.69, 9.17) is 28.3 Å². The van der Waals surface area contributed by atoms with Crippen LogP contribution in [0.3, 0.4) is 0 Å². The summed E-state index contributed by atoms with van der Waals surface area (Å²) in [6.07, 6.45) is 2.42. The van der Waals surface area contributed by atoms with Crippen LogP contribution in [0.25, 0.3) is 5.70 Å². The van der Waals surface area contributed by atoms with E-state index in [2.05, 4.69) is 0 Å². The van der Waals surface area contributed by atoms with E-state index in [0.29, 0.717) is 34.1 Å². The number of carboxylic acid groups (broad SMARTS) is 1. The topological polar surface area (TPSA) is 77.9 Å². The number of carbonyl (C=O) groups is 3. The molecule has 2 amide bonds. The van der Waals surface area contributed by atoms with Gasteiger partial charge in [0.15, 0.2) is 0 Å². The summed E-state index contributed by atoms with van der Waals surface area (Å²) >= 11 is 12.3. The molecule has 0 saturated carbocycles. The third-order valence-corrected chi connectivity index (χ3v) is 7.73. The van der Waals surface area contributed by atoms with E-state index in [-0.39, 0.29) is 54.3 Å². The van der Waals surface area contributed by atoms with Crippen molar-refractivity contribution in [3.8, 4) is 0 Å². The normalized spacial score (nSPS) is 16.1. The Morgan fingerprint density at radius 2 is 1.54 bits per heavy atom. The molecule has 41 heavy (non-hydrogen) atoms. The molecule has 0 aromatic heterocycles. The first-order valence-electron chi connectivity index (χ1n) is 13.2. The van der Waals surface area contributed by atoms with Crippen LogP contribution in [0, 0.1) is 13.8 Å². The average Bonchev–Trinajstić information content (AvgIpc) is 3.02. The Morgan fingerprint density at radius 3 is 2.15 bits per heavy atom. The number of amides is 2. The molecule has 0 bridgehead atoms. The Labute approximate surface area is 273 Å². The van der Waals surface area contributed by atoms with Crippen molar-refractivity contribution in [2.24, 2.45) is 0 Å². The van der Waals surface area contributed by atoms with Crippen molar-refractivity contribution < 1.29 is 19.5 Å². The monoisotopic (exact) mass is 602 g/mol. The fourth-order valence-corrected chi connectivity index (χ4v) is 5.31. The van der Waals surface area contributed by atoms with Crippen LogP contribution in [0.15, 0.2) is 72.8 Å². The molecule has 0 saturated heterocycles. The fourth-order valence-electron chi connectivity index (χ4n) is 5.06. The molecule has 0 spiro atoms. The van der Waals surface area contributed by atoms with E-state index in [1.54, 1.807) is 52.3 Å². The number of nitrogens with zero attached hydrogens (tertiary/aromatic N) is 2. The Kier molecular flexibility index (Phi) is 11.7. The molecule has 4 rings (SSSR count). The molecule has 3 aromatic rings. The van der Waals surface area contributed by atoms with Crippen LogP contribution in [0.1, 0.15) is 66.1 Å². The summed E-state index contributed by atoms with van der Waals surface area (Å²) in [5.41, 5.74) is 4.69. The number of hydrogen-bond donors (Lipinski definition) is 1. The number of benzene rings is 3. The quantitative estimate of drug-likeness (QED) is 0.217. The minimum atomic E-state index is -0.936. The van der Waals surface area contributed by atoms with E-state index in [0.717, 1.165) is 22.3 Å². The first-order chi connectivity index (χ1) is 19.1. The summed E-state index contributed by atoms with van der Waals surface area (Å²) < 4.78 is 0. The second-order valence-corrected chi connectivity index (χ2v) is 11.0. The summed E-state index contributed by atoms with van der Waals surface area (Å²) in [5.74, 6) is -1.46. The van der Waals surface area contributed by atoms with Crippen LogP contribution in [-0.2, 0) is 14.4 Å². The van der Waals surface area contributed by atoms with Gasteiger partial charge in [-0.2, -0.15) is 0 Å². The van der Waals surface area contributed by atoms with Gasteiger partial charge in [-0.15, -0.1) is 0 Å². The molecule has 6 nitrogen and oxygen atoms in total. The van der Waals surface area contributed by atoms with Gasteiger partial charge in [-0.25, -0.2) is 0 Å². The van der Waals surface area contributed by atoms with Crippen molar-refractivity contribution in [2.75, 3.05) is 6.54 Å². The predicted molar refractivity (Wildman–Crippen MR) is 165 cm³/mol. The summed E-state index contributed by atoms with van der Waals surface area (Å²) in [7, 11) is 0. The summed E-state index contributed by atoms with van der Waals surface area (Å²) in [6, 6.07) is 18.7. The molecular weight excluding hydrogens is 570 g/mol. The molecular formula is C32H33Cl2N2NaO4. The van der Waals surface area contributed by atoms with E-state index in [1.807, 2.05) is 51.1 Å². The molecule has 1 heterocycles.